The van der Waals surface area contributed by atoms with Crippen molar-refractivity contribution in [2.75, 3.05) is 0 Å². The standard InChI is InChI=1S/C9H4F2N4S/c10-4-1-5(11)8-6(2-4)13-9(14-8)7-3-12-15-16-7/h1-3H,(H,13,14). The highest BCUT2D eigenvalue weighted by molar-refractivity contribution is 7.09. The van der Waals surface area contributed by atoms with Crippen molar-refractivity contribution >= 4 is 22.6 Å². The van der Waals surface area contributed by atoms with Gasteiger partial charge in [-0.05, 0) is 17.6 Å². The Morgan fingerprint density at radius 2 is 2.12 bits per heavy atom. The van der Waals surface area contributed by atoms with Gasteiger partial charge in [-0.1, -0.05) is 4.49 Å². The molecule has 0 atom stereocenters. The molecule has 0 bridgehead atoms. The fraction of sp³-hybridized carbons (Fsp3) is 0. The third-order valence-electron chi connectivity index (χ3n) is 2.10. The maximum Gasteiger partial charge on any atom is 0.153 e. The molecule has 1 N–H and O–H groups in total. The summed E-state index contributed by atoms with van der Waals surface area (Å²) in [6, 6.07) is 2.00. The minimum absolute atomic E-state index is 0.116. The molecule has 7 heteroatoms. The molecule has 0 aliphatic heterocycles. The summed E-state index contributed by atoms with van der Waals surface area (Å²) in [5, 5.41) is 3.65. The number of imidazole rings is 1. The summed E-state index contributed by atoms with van der Waals surface area (Å²) in [4.78, 5) is 7.52. The summed E-state index contributed by atoms with van der Waals surface area (Å²) in [6.07, 6.45) is 1.51. The van der Waals surface area contributed by atoms with E-state index in [9.17, 15) is 8.78 Å². The van der Waals surface area contributed by atoms with Crippen LogP contribution in [0, 0.1) is 11.6 Å². The molecule has 2 aromatic heterocycles. The molecule has 2 heterocycles. The Hall–Kier alpha value is -1.89. The number of benzene rings is 1. The van der Waals surface area contributed by atoms with Crippen molar-refractivity contribution in [1.82, 2.24) is 19.6 Å². The SMILES string of the molecule is Fc1cc(F)c2nc(-c3cnns3)[nH]c2c1. The van der Waals surface area contributed by atoms with Crippen LogP contribution >= 0.6 is 11.5 Å². The third-order valence-corrected chi connectivity index (χ3v) is 2.77. The van der Waals surface area contributed by atoms with Gasteiger partial charge in [0.15, 0.2) is 11.6 Å². The van der Waals surface area contributed by atoms with E-state index >= 15 is 0 Å². The highest BCUT2D eigenvalue weighted by Crippen LogP contribution is 2.24. The minimum Gasteiger partial charge on any atom is -0.337 e. The van der Waals surface area contributed by atoms with Gasteiger partial charge in [-0.3, -0.25) is 0 Å². The van der Waals surface area contributed by atoms with E-state index in [4.69, 9.17) is 0 Å². The van der Waals surface area contributed by atoms with Crippen LogP contribution < -0.4 is 0 Å². The van der Waals surface area contributed by atoms with Gasteiger partial charge in [0.1, 0.15) is 16.2 Å². The highest BCUT2D eigenvalue weighted by Gasteiger charge is 2.12. The Morgan fingerprint density at radius 1 is 1.25 bits per heavy atom. The molecule has 0 aliphatic rings. The van der Waals surface area contributed by atoms with E-state index in [2.05, 4.69) is 19.6 Å². The molecule has 0 saturated carbocycles. The summed E-state index contributed by atoms with van der Waals surface area (Å²) in [5.41, 5.74) is 0.436. The van der Waals surface area contributed by atoms with Crippen LogP contribution in [0.1, 0.15) is 0 Å². The van der Waals surface area contributed by atoms with Gasteiger partial charge in [0.2, 0.25) is 0 Å². The summed E-state index contributed by atoms with van der Waals surface area (Å²) in [5.74, 6) is -0.882. The van der Waals surface area contributed by atoms with Crippen molar-refractivity contribution in [2.24, 2.45) is 0 Å². The Balaban J connectivity index is 2.27. The lowest BCUT2D eigenvalue weighted by molar-refractivity contribution is 0.591. The maximum atomic E-state index is 13.4. The Kier molecular flexibility index (Phi) is 1.93. The maximum absolute atomic E-state index is 13.4. The molecule has 0 fully saturated rings. The van der Waals surface area contributed by atoms with E-state index in [1.807, 2.05) is 0 Å². The summed E-state index contributed by atoms with van der Waals surface area (Å²) in [7, 11) is 0. The number of hydrogen-bond acceptors (Lipinski definition) is 4. The highest BCUT2D eigenvalue weighted by atomic mass is 32.1. The minimum atomic E-state index is -0.685. The third kappa shape index (κ3) is 1.36. The summed E-state index contributed by atoms with van der Waals surface area (Å²) in [6.45, 7) is 0. The van der Waals surface area contributed by atoms with Crippen LogP contribution in [0.2, 0.25) is 0 Å². The molecule has 0 amide bonds. The molecule has 0 spiro atoms. The topological polar surface area (TPSA) is 54.5 Å². The average molecular weight is 238 g/mol. The number of nitrogens with zero attached hydrogens (tertiary/aromatic N) is 3. The zero-order valence-electron chi connectivity index (χ0n) is 7.74. The first-order valence-corrected chi connectivity index (χ1v) is 5.14. The molecule has 16 heavy (non-hydrogen) atoms. The van der Waals surface area contributed by atoms with Crippen molar-refractivity contribution in [3.63, 3.8) is 0 Å². The van der Waals surface area contributed by atoms with Gasteiger partial charge in [-0.15, -0.1) is 5.10 Å². The number of aromatic nitrogens is 4. The van der Waals surface area contributed by atoms with Crippen molar-refractivity contribution in [2.45, 2.75) is 0 Å². The van der Waals surface area contributed by atoms with Gasteiger partial charge in [0, 0.05) is 6.07 Å². The second kappa shape index (κ2) is 3.31. The van der Waals surface area contributed by atoms with E-state index in [-0.39, 0.29) is 5.52 Å². The number of nitrogens with one attached hydrogen (secondary N) is 1. The first kappa shape index (κ1) is 9.34. The predicted molar refractivity (Wildman–Crippen MR) is 54.9 cm³/mol. The van der Waals surface area contributed by atoms with E-state index < -0.39 is 11.6 Å². The van der Waals surface area contributed by atoms with Gasteiger partial charge < -0.3 is 4.98 Å². The lowest BCUT2D eigenvalue weighted by Gasteiger charge is -1.90. The second-order valence-electron chi connectivity index (χ2n) is 3.15. The Labute approximate surface area is 92.1 Å². The molecule has 4 nitrogen and oxygen atoms in total. The smallest absolute Gasteiger partial charge is 0.153 e. The van der Waals surface area contributed by atoms with Crippen LogP contribution in [0.3, 0.4) is 0 Å². The fourth-order valence-electron chi connectivity index (χ4n) is 1.43. The number of hydrogen-bond donors (Lipinski definition) is 1. The Morgan fingerprint density at radius 3 is 2.88 bits per heavy atom. The van der Waals surface area contributed by atoms with Crippen LogP contribution in [-0.2, 0) is 0 Å². The zero-order chi connectivity index (χ0) is 11.1. The number of halogens is 2. The van der Waals surface area contributed by atoms with E-state index in [0.717, 1.165) is 17.6 Å². The van der Waals surface area contributed by atoms with Crippen molar-refractivity contribution in [3.8, 4) is 10.7 Å². The van der Waals surface area contributed by atoms with E-state index in [1.165, 1.54) is 12.3 Å². The number of aromatic amines is 1. The van der Waals surface area contributed by atoms with Crippen molar-refractivity contribution in [3.05, 3.63) is 30.0 Å². The van der Waals surface area contributed by atoms with Crippen molar-refractivity contribution in [1.29, 1.82) is 0 Å². The summed E-state index contributed by atoms with van der Waals surface area (Å²) >= 11 is 1.13. The van der Waals surface area contributed by atoms with Gasteiger partial charge >= 0.3 is 0 Å². The van der Waals surface area contributed by atoms with Gasteiger partial charge in [0.25, 0.3) is 0 Å². The number of rotatable bonds is 1. The molecular weight excluding hydrogens is 234 g/mol. The van der Waals surface area contributed by atoms with Crippen LogP contribution in [0.25, 0.3) is 21.7 Å². The molecule has 0 aliphatic carbocycles. The van der Waals surface area contributed by atoms with Crippen LogP contribution in [0.5, 0.6) is 0 Å². The van der Waals surface area contributed by atoms with Crippen LogP contribution in [0.4, 0.5) is 8.78 Å². The van der Waals surface area contributed by atoms with Crippen LogP contribution in [0.15, 0.2) is 18.3 Å². The molecule has 80 valence electrons. The molecule has 0 unspecified atom stereocenters. The molecule has 0 saturated heterocycles. The molecule has 3 aromatic rings. The van der Waals surface area contributed by atoms with Gasteiger partial charge in [0.05, 0.1) is 11.7 Å². The van der Waals surface area contributed by atoms with E-state index in [1.54, 1.807) is 0 Å². The average Bonchev–Trinajstić information content (AvgIpc) is 2.82. The first-order valence-electron chi connectivity index (χ1n) is 4.36. The van der Waals surface area contributed by atoms with Gasteiger partial charge in [-0.25, -0.2) is 13.8 Å². The first-order chi connectivity index (χ1) is 7.74. The predicted octanol–water partition coefficient (Wildman–Crippen LogP) is 2.36. The lowest BCUT2D eigenvalue weighted by Crippen LogP contribution is -1.81. The fourth-order valence-corrected chi connectivity index (χ4v) is 1.89. The second-order valence-corrected chi connectivity index (χ2v) is 3.94. The number of fused-ring (bicyclic) bond motifs is 1. The Bertz CT molecular complexity index is 647. The number of H-pyrrole nitrogens is 1. The van der Waals surface area contributed by atoms with E-state index in [0.29, 0.717) is 16.2 Å². The summed E-state index contributed by atoms with van der Waals surface area (Å²) < 4.78 is 30.0. The molecule has 3 rings (SSSR count). The molecular formula is C9H4F2N4S. The lowest BCUT2D eigenvalue weighted by atomic mass is 10.3. The molecule has 0 radical (unpaired) electrons. The molecule has 1 aromatic carbocycles. The normalized spacial score (nSPS) is 11.1. The van der Waals surface area contributed by atoms with Gasteiger partial charge in [-0.2, -0.15) is 0 Å². The van der Waals surface area contributed by atoms with Crippen LogP contribution in [-0.4, -0.2) is 19.6 Å². The van der Waals surface area contributed by atoms with Crippen molar-refractivity contribution < 1.29 is 8.78 Å². The largest absolute Gasteiger partial charge is 0.337 e. The zero-order valence-corrected chi connectivity index (χ0v) is 8.55. The monoisotopic (exact) mass is 238 g/mol. The quantitative estimate of drug-likeness (QED) is 0.708.